The van der Waals surface area contributed by atoms with Gasteiger partial charge in [0.15, 0.2) is 0 Å². The van der Waals surface area contributed by atoms with Gasteiger partial charge in [-0.3, -0.25) is 15.2 Å². The van der Waals surface area contributed by atoms with Gasteiger partial charge in [-0.15, -0.1) is 0 Å². The summed E-state index contributed by atoms with van der Waals surface area (Å²) in [7, 11) is 1.51. The van der Waals surface area contributed by atoms with Crippen molar-refractivity contribution in [3.8, 4) is 5.88 Å². The minimum absolute atomic E-state index is 0.210. The minimum atomic E-state index is -0.292. The van der Waals surface area contributed by atoms with Crippen LogP contribution in [0.3, 0.4) is 0 Å². The molecule has 2 N–H and O–H groups in total. The molecule has 0 radical (unpaired) electrons. The topological polar surface area (TPSA) is 92.8 Å². The number of H-pyrrole nitrogens is 1. The molecule has 106 valence electrons. The number of carbonyl (C=O) groups is 1. The van der Waals surface area contributed by atoms with Crippen molar-refractivity contribution in [2.24, 2.45) is 0 Å². The number of aromatic nitrogens is 4. The molecule has 7 heteroatoms. The van der Waals surface area contributed by atoms with E-state index in [1.165, 1.54) is 7.11 Å². The predicted molar refractivity (Wildman–Crippen MR) is 77.4 cm³/mol. The second-order valence-corrected chi connectivity index (χ2v) is 4.50. The normalized spacial score (nSPS) is 10.6. The maximum atomic E-state index is 12.2. The third kappa shape index (κ3) is 2.66. The van der Waals surface area contributed by atoms with Crippen molar-refractivity contribution in [3.63, 3.8) is 0 Å². The van der Waals surface area contributed by atoms with Gasteiger partial charge in [0.1, 0.15) is 0 Å². The fourth-order valence-electron chi connectivity index (χ4n) is 1.95. The molecule has 2 aromatic heterocycles. The molecular formula is C14H13N5O2. The van der Waals surface area contributed by atoms with E-state index in [9.17, 15) is 4.79 Å². The highest BCUT2D eigenvalue weighted by Crippen LogP contribution is 2.15. The van der Waals surface area contributed by atoms with Gasteiger partial charge in [0.05, 0.1) is 18.8 Å². The first-order valence-corrected chi connectivity index (χ1v) is 6.30. The van der Waals surface area contributed by atoms with Crippen LogP contribution >= 0.6 is 0 Å². The molecule has 0 aliphatic carbocycles. The van der Waals surface area contributed by atoms with Gasteiger partial charge in [-0.1, -0.05) is 6.07 Å². The van der Waals surface area contributed by atoms with E-state index in [4.69, 9.17) is 4.74 Å². The van der Waals surface area contributed by atoms with Crippen molar-refractivity contribution in [1.82, 2.24) is 20.2 Å². The van der Waals surface area contributed by atoms with Crippen molar-refractivity contribution in [1.29, 1.82) is 0 Å². The van der Waals surface area contributed by atoms with Gasteiger partial charge in [0.2, 0.25) is 11.8 Å². The molecule has 2 heterocycles. The van der Waals surface area contributed by atoms with Crippen molar-refractivity contribution in [2.75, 3.05) is 12.4 Å². The van der Waals surface area contributed by atoms with Gasteiger partial charge in [-0.2, -0.15) is 10.1 Å². The summed E-state index contributed by atoms with van der Waals surface area (Å²) in [6.45, 7) is 1.80. The van der Waals surface area contributed by atoms with Crippen LogP contribution < -0.4 is 10.1 Å². The molecule has 0 aliphatic heterocycles. The molecule has 3 aromatic rings. The molecule has 21 heavy (non-hydrogen) atoms. The summed E-state index contributed by atoms with van der Waals surface area (Å²) >= 11 is 0. The fourth-order valence-corrected chi connectivity index (χ4v) is 1.95. The Morgan fingerprint density at radius 1 is 1.29 bits per heavy atom. The first-order chi connectivity index (χ1) is 10.2. The number of amides is 1. The summed E-state index contributed by atoms with van der Waals surface area (Å²) in [6, 6.07) is 6.96. The number of methoxy groups -OCH3 is 1. The Hall–Kier alpha value is -2.96. The molecular weight excluding hydrogens is 270 g/mol. The third-order valence-corrected chi connectivity index (χ3v) is 2.97. The average molecular weight is 283 g/mol. The highest BCUT2D eigenvalue weighted by Gasteiger charge is 2.10. The SMILES string of the molecule is COc1cc(C)nc(NC(=O)c2ccc3cn[nH]c3c2)n1. The summed E-state index contributed by atoms with van der Waals surface area (Å²) in [5.74, 6) is 0.322. The van der Waals surface area contributed by atoms with Crippen LogP contribution in [0, 0.1) is 6.92 Å². The second-order valence-electron chi connectivity index (χ2n) is 4.50. The zero-order chi connectivity index (χ0) is 14.8. The molecule has 1 aromatic carbocycles. The quantitative estimate of drug-likeness (QED) is 0.766. The van der Waals surface area contributed by atoms with Crippen LogP contribution in [0.2, 0.25) is 0 Å². The number of hydrogen-bond acceptors (Lipinski definition) is 5. The predicted octanol–water partition coefficient (Wildman–Crippen LogP) is 1.92. The molecule has 0 atom stereocenters. The smallest absolute Gasteiger partial charge is 0.258 e. The van der Waals surface area contributed by atoms with Crippen LogP contribution in [-0.4, -0.2) is 33.2 Å². The summed E-state index contributed by atoms with van der Waals surface area (Å²) in [6.07, 6.45) is 1.70. The monoisotopic (exact) mass is 283 g/mol. The van der Waals surface area contributed by atoms with E-state index in [0.29, 0.717) is 17.1 Å². The van der Waals surface area contributed by atoms with Crippen LogP contribution in [0.4, 0.5) is 5.95 Å². The highest BCUT2D eigenvalue weighted by atomic mass is 16.5. The molecule has 1 amide bonds. The fraction of sp³-hybridized carbons (Fsp3) is 0.143. The van der Waals surface area contributed by atoms with Crippen molar-refractivity contribution in [3.05, 3.63) is 41.7 Å². The molecule has 0 spiro atoms. The number of anilines is 1. The van der Waals surface area contributed by atoms with Gasteiger partial charge in [0, 0.05) is 22.7 Å². The largest absolute Gasteiger partial charge is 0.481 e. The lowest BCUT2D eigenvalue weighted by molar-refractivity contribution is 0.102. The van der Waals surface area contributed by atoms with Gasteiger partial charge in [-0.05, 0) is 19.1 Å². The van der Waals surface area contributed by atoms with Crippen molar-refractivity contribution >= 4 is 22.8 Å². The number of carbonyl (C=O) groups excluding carboxylic acids is 1. The standard InChI is InChI=1S/C14H13N5O2/c1-8-5-12(21-2)17-14(16-8)18-13(20)9-3-4-10-7-15-19-11(10)6-9/h3-7H,1-2H3,(H,15,19)(H,16,17,18,20). The summed E-state index contributed by atoms with van der Waals surface area (Å²) in [5.41, 5.74) is 2.00. The Kier molecular flexibility index (Phi) is 3.23. The van der Waals surface area contributed by atoms with Gasteiger partial charge >= 0.3 is 0 Å². The number of aromatic amines is 1. The van der Waals surface area contributed by atoms with Crippen LogP contribution in [0.1, 0.15) is 16.1 Å². The molecule has 0 bridgehead atoms. The van der Waals surface area contributed by atoms with Crippen LogP contribution in [0.25, 0.3) is 10.9 Å². The Morgan fingerprint density at radius 3 is 2.95 bits per heavy atom. The second kappa shape index (κ2) is 5.20. The Labute approximate surface area is 120 Å². The average Bonchev–Trinajstić information content (AvgIpc) is 2.93. The maximum Gasteiger partial charge on any atom is 0.258 e. The lowest BCUT2D eigenvalue weighted by Gasteiger charge is -2.06. The minimum Gasteiger partial charge on any atom is -0.481 e. The van der Waals surface area contributed by atoms with Gasteiger partial charge in [-0.25, -0.2) is 4.98 Å². The van der Waals surface area contributed by atoms with E-state index in [-0.39, 0.29) is 11.9 Å². The molecule has 0 aliphatic rings. The van der Waals surface area contributed by atoms with E-state index in [0.717, 1.165) is 10.9 Å². The molecule has 3 rings (SSSR count). The molecule has 0 fully saturated rings. The van der Waals surface area contributed by atoms with Crippen LogP contribution in [0.15, 0.2) is 30.5 Å². The Bertz CT molecular complexity index is 812. The zero-order valence-electron chi connectivity index (χ0n) is 11.5. The van der Waals surface area contributed by atoms with E-state index >= 15 is 0 Å². The van der Waals surface area contributed by atoms with Crippen LogP contribution in [0.5, 0.6) is 5.88 Å². The number of nitrogens with one attached hydrogen (secondary N) is 2. The molecule has 0 saturated carbocycles. The third-order valence-electron chi connectivity index (χ3n) is 2.97. The number of ether oxygens (including phenoxy) is 1. The number of benzene rings is 1. The lowest BCUT2D eigenvalue weighted by atomic mass is 10.1. The van der Waals surface area contributed by atoms with E-state index in [2.05, 4.69) is 25.5 Å². The van der Waals surface area contributed by atoms with E-state index < -0.39 is 0 Å². The Balaban J connectivity index is 1.86. The van der Waals surface area contributed by atoms with E-state index in [1.807, 2.05) is 6.07 Å². The number of aryl methyl sites for hydroxylation is 1. The molecule has 0 saturated heterocycles. The zero-order valence-corrected chi connectivity index (χ0v) is 11.5. The van der Waals surface area contributed by atoms with E-state index in [1.54, 1.807) is 31.3 Å². The Morgan fingerprint density at radius 2 is 2.14 bits per heavy atom. The molecule has 7 nitrogen and oxygen atoms in total. The number of nitrogens with zero attached hydrogens (tertiary/aromatic N) is 3. The van der Waals surface area contributed by atoms with Gasteiger partial charge < -0.3 is 4.74 Å². The highest BCUT2D eigenvalue weighted by molar-refractivity contribution is 6.05. The number of rotatable bonds is 3. The first-order valence-electron chi connectivity index (χ1n) is 6.30. The van der Waals surface area contributed by atoms with Crippen LogP contribution in [-0.2, 0) is 0 Å². The summed E-state index contributed by atoms with van der Waals surface area (Å²) in [5, 5.41) is 10.3. The molecule has 0 unspecified atom stereocenters. The van der Waals surface area contributed by atoms with Gasteiger partial charge in [0.25, 0.3) is 5.91 Å². The number of hydrogen-bond donors (Lipinski definition) is 2. The number of fused-ring (bicyclic) bond motifs is 1. The van der Waals surface area contributed by atoms with Crippen molar-refractivity contribution in [2.45, 2.75) is 6.92 Å². The summed E-state index contributed by atoms with van der Waals surface area (Å²) in [4.78, 5) is 20.5. The summed E-state index contributed by atoms with van der Waals surface area (Å²) < 4.78 is 5.05. The first kappa shape index (κ1) is 13.0. The lowest BCUT2D eigenvalue weighted by Crippen LogP contribution is -2.14. The maximum absolute atomic E-state index is 12.2. The van der Waals surface area contributed by atoms with Crippen molar-refractivity contribution < 1.29 is 9.53 Å².